The SMILES string of the molecule is CCCCCN(Cc1csc(N)n1)C(C)C. The number of hydrogen-bond acceptors (Lipinski definition) is 4. The molecule has 0 bridgehead atoms. The van der Waals surface area contributed by atoms with E-state index in [9.17, 15) is 0 Å². The molecule has 0 aromatic carbocycles. The van der Waals surface area contributed by atoms with Gasteiger partial charge in [-0.3, -0.25) is 4.90 Å². The van der Waals surface area contributed by atoms with Gasteiger partial charge in [-0.25, -0.2) is 4.98 Å². The van der Waals surface area contributed by atoms with E-state index in [0.29, 0.717) is 11.2 Å². The topological polar surface area (TPSA) is 42.1 Å². The summed E-state index contributed by atoms with van der Waals surface area (Å²) in [6.45, 7) is 8.79. The lowest BCUT2D eigenvalue weighted by Gasteiger charge is -2.25. The molecule has 0 aliphatic rings. The van der Waals surface area contributed by atoms with E-state index in [0.717, 1.165) is 18.8 Å². The Kier molecular flexibility index (Phi) is 5.77. The number of nitrogens with zero attached hydrogens (tertiary/aromatic N) is 2. The summed E-state index contributed by atoms with van der Waals surface area (Å²) in [6.07, 6.45) is 3.85. The third kappa shape index (κ3) is 4.49. The van der Waals surface area contributed by atoms with Crippen molar-refractivity contribution < 1.29 is 0 Å². The fourth-order valence-corrected chi connectivity index (χ4v) is 2.24. The molecule has 0 radical (unpaired) electrons. The summed E-state index contributed by atoms with van der Waals surface area (Å²) in [7, 11) is 0. The molecule has 0 atom stereocenters. The molecule has 0 fully saturated rings. The lowest BCUT2D eigenvalue weighted by Crippen LogP contribution is -2.31. The van der Waals surface area contributed by atoms with E-state index in [1.165, 1.54) is 30.6 Å². The van der Waals surface area contributed by atoms with Gasteiger partial charge in [0, 0.05) is 18.0 Å². The average molecular weight is 241 g/mol. The quantitative estimate of drug-likeness (QED) is 0.746. The van der Waals surface area contributed by atoms with Crippen molar-refractivity contribution in [2.75, 3.05) is 12.3 Å². The zero-order chi connectivity index (χ0) is 12.0. The molecule has 0 spiro atoms. The number of rotatable bonds is 7. The monoisotopic (exact) mass is 241 g/mol. The minimum absolute atomic E-state index is 0.569. The summed E-state index contributed by atoms with van der Waals surface area (Å²) < 4.78 is 0. The van der Waals surface area contributed by atoms with Gasteiger partial charge in [-0.1, -0.05) is 19.8 Å². The summed E-state index contributed by atoms with van der Waals surface area (Å²) in [5, 5.41) is 2.73. The molecule has 0 saturated heterocycles. The zero-order valence-corrected chi connectivity index (χ0v) is 11.4. The van der Waals surface area contributed by atoms with E-state index in [2.05, 4.69) is 36.0 Å². The molecule has 1 aromatic heterocycles. The minimum Gasteiger partial charge on any atom is -0.375 e. The Balaban J connectivity index is 2.44. The Morgan fingerprint density at radius 2 is 2.19 bits per heavy atom. The van der Waals surface area contributed by atoms with Gasteiger partial charge in [0.1, 0.15) is 0 Å². The Bertz CT molecular complexity index is 296. The fourth-order valence-electron chi connectivity index (χ4n) is 1.69. The molecule has 0 aliphatic heterocycles. The highest BCUT2D eigenvalue weighted by Crippen LogP contribution is 2.15. The van der Waals surface area contributed by atoms with Crippen LogP contribution in [-0.2, 0) is 6.54 Å². The third-order valence-electron chi connectivity index (χ3n) is 2.71. The Morgan fingerprint density at radius 1 is 1.44 bits per heavy atom. The minimum atomic E-state index is 0.569. The maximum atomic E-state index is 5.64. The number of anilines is 1. The molecule has 16 heavy (non-hydrogen) atoms. The molecule has 2 N–H and O–H groups in total. The standard InChI is InChI=1S/C12H23N3S/c1-4-5-6-7-15(10(2)3)8-11-9-16-12(13)14-11/h9-10H,4-8H2,1-3H3,(H2,13,14). The number of hydrogen-bond donors (Lipinski definition) is 1. The van der Waals surface area contributed by atoms with Crippen LogP contribution in [-0.4, -0.2) is 22.5 Å². The van der Waals surface area contributed by atoms with Crippen LogP contribution in [0.2, 0.25) is 0 Å². The van der Waals surface area contributed by atoms with Gasteiger partial charge < -0.3 is 5.73 Å². The molecule has 3 nitrogen and oxygen atoms in total. The van der Waals surface area contributed by atoms with Crippen molar-refractivity contribution in [3.05, 3.63) is 11.1 Å². The summed E-state index contributed by atoms with van der Waals surface area (Å²) in [5.41, 5.74) is 6.75. The third-order valence-corrected chi connectivity index (χ3v) is 3.44. The highest BCUT2D eigenvalue weighted by Gasteiger charge is 2.11. The zero-order valence-electron chi connectivity index (χ0n) is 10.6. The first-order chi connectivity index (χ1) is 7.63. The van der Waals surface area contributed by atoms with Gasteiger partial charge in [-0.15, -0.1) is 11.3 Å². The van der Waals surface area contributed by atoms with Crippen LogP contribution in [0.3, 0.4) is 0 Å². The Hall–Kier alpha value is -0.610. The van der Waals surface area contributed by atoms with Crippen molar-refractivity contribution in [3.8, 4) is 0 Å². The van der Waals surface area contributed by atoms with Crippen LogP contribution < -0.4 is 5.73 Å². The first kappa shape index (κ1) is 13.5. The number of nitrogens with two attached hydrogens (primary N) is 1. The average Bonchev–Trinajstić information content (AvgIpc) is 2.63. The van der Waals surface area contributed by atoms with E-state index in [4.69, 9.17) is 5.73 Å². The van der Waals surface area contributed by atoms with Crippen LogP contribution in [0.5, 0.6) is 0 Å². The molecular weight excluding hydrogens is 218 g/mol. The van der Waals surface area contributed by atoms with Gasteiger partial charge in [0.15, 0.2) is 5.13 Å². The van der Waals surface area contributed by atoms with Crippen LogP contribution in [0.15, 0.2) is 5.38 Å². The molecular formula is C12H23N3S. The fraction of sp³-hybridized carbons (Fsp3) is 0.750. The molecule has 92 valence electrons. The molecule has 0 saturated carbocycles. The smallest absolute Gasteiger partial charge is 0.180 e. The van der Waals surface area contributed by atoms with Crippen LogP contribution in [0, 0.1) is 0 Å². The number of aromatic nitrogens is 1. The van der Waals surface area contributed by atoms with E-state index in [-0.39, 0.29) is 0 Å². The van der Waals surface area contributed by atoms with Crippen molar-refractivity contribution in [1.82, 2.24) is 9.88 Å². The molecule has 1 aromatic rings. The predicted molar refractivity (Wildman–Crippen MR) is 71.6 cm³/mol. The first-order valence-corrected chi connectivity index (χ1v) is 6.95. The van der Waals surface area contributed by atoms with Crippen LogP contribution in [0.4, 0.5) is 5.13 Å². The molecule has 1 heterocycles. The van der Waals surface area contributed by atoms with Gasteiger partial charge >= 0.3 is 0 Å². The number of thiazole rings is 1. The lowest BCUT2D eigenvalue weighted by atomic mass is 10.2. The van der Waals surface area contributed by atoms with Crippen LogP contribution in [0.25, 0.3) is 0 Å². The van der Waals surface area contributed by atoms with Crippen molar-refractivity contribution in [1.29, 1.82) is 0 Å². The maximum Gasteiger partial charge on any atom is 0.180 e. The van der Waals surface area contributed by atoms with Crippen LogP contribution in [0.1, 0.15) is 45.7 Å². The molecule has 0 amide bonds. The summed E-state index contributed by atoms with van der Waals surface area (Å²) in [6, 6.07) is 0.569. The second-order valence-electron chi connectivity index (χ2n) is 4.45. The van der Waals surface area contributed by atoms with E-state index >= 15 is 0 Å². The van der Waals surface area contributed by atoms with Gasteiger partial charge in [0.2, 0.25) is 0 Å². The predicted octanol–water partition coefficient (Wildman–Crippen LogP) is 3.13. The van der Waals surface area contributed by atoms with Gasteiger partial charge in [0.05, 0.1) is 5.69 Å². The van der Waals surface area contributed by atoms with Crippen molar-refractivity contribution in [3.63, 3.8) is 0 Å². The second kappa shape index (κ2) is 6.86. The van der Waals surface area contributed by atoms with Crippen molar-refractivity contribution >= 4 is 16.5 Å². The summed E-state index contributed by atoms with van der Waals surface area (Å²) in [5.74, 6) is 0. The normalized spacial score (nSPS) is 11.6. The first-order valence-electron chi connectivity index (χ1n) is 6.07. The Morgan fingerprint density at radius 3 is 2.69 bits per heavy atom. The number of nitrogen functional groups attached to an aromatic ring is 1. The maximum absolute atomic E-state index is 5.64. The van der Waals surface area contributed by atoms with E-state index in [1.54, 1.807) is 0 Å². The molecule has 4 heteroatoms. The highest BCUT2D eigenvalue weighted by atomic mass is 32.1. The van der Waals surface area contributed by atoms with E-state index < -0.39 is 0 Å². The van der Waals surface area contributed by atoms with E-state index in [1.807, 2.05) is 0 Å². The largest absolute Gasteiger partial charge is 0.375 e. The summed E-state index contributed by atoms with van der Waals surface area (Å²) in [4.78, 5) is 6.78. The van der Waals surface area contributed by atoms with Gasteiger partial charge in [0.25, 0.3) is 0 Å². The van der Waals surface area contributed by atoms with Crippen molar-refractivity contribution in [2.45, 2.75) is 52.6 Å². The molecule has 0 aliphatic carbocycles. The van der Waals surface area contributed by atoms with Crippen molar-refractivity contribution in [2.24, 2.45) is 0 Å². The molecule has 0 unspecified atom stereocenters. The highest BCUT2D eigenvalue weighted by molar-refractivity contribution is 7.13. The van der Waals surface area contributed by atoms with Gasteiger partial charge in [-0.2, -0.15) is 0 Å². The van der Waals surface area contributed by atoms with Crippen LogP contribution >= 0.6 is 11.3 Å². The molecule has 1 rings (SSSR count). The second-order valence-corrected chi connectivity index (χ2v) is 5.34. The lowest BCUT2D eigenvalue weighted by molar-refractivity contribution is 0.206. The Labute approximate surface area is 103 Å². The van der Waals surface area contributed by atoms with Gasteiger partial charge in [-0.05, 0) is 26.8 Å². The number of unbranched alkanes of at least 4 members (excludes halogenated alkanes) is 2. The summed E-state index contributed by atoms with van der Waals surface area (Å²) >= 11 is 1.53.